The number of para-hydroxylation sites is 1. The predicted molar refractivity (Wildman–Crippen MR) is 224 cm³/mol. The summed E-state index contributed by atoms with van der Waals surface area (Å²) in [5.41, 5.74) is 7.37. The van der Waals surface area contributed by atoms with Crippen molar-refractivity contribution in [1.29, 1.82) is 0 Å². The Morgan fingerprint density at radius 1 is 0.700 bits per heavy atom. The third-order valence-electron chi connectivity index (χ3n) is 7.94. The molecule has 3 aromatic rings. The van der Waals surface area contributed by atoms with E-state index in [4.69, 9.17) is 4.74 Å². The molecule has 0 aliphatic carbocycles. The van der Waals surface area contributed by atoms with Gasteiger partial charge in [0.1, 0.15) is 17.3 Å². The summed E-state index contributed by atoms with van der Waals surface area (Å²) in [7, 11) is 1.68. The van der Waals surface area contributed by atoms with Crippen molar-refractivity contribution in [3.8, 4) is 5.75 Å². The van der Waals surface area contributed by atoms with Crippen molar-refractivity contribution in [1.82, 2.24) is 0 Å². The number of unbranched alkanes of at least 4 members (excludes halogenated alkanes) is 2. The zero-order valence-electron chi connectivity index (χ0n) is 35.5. The van der Waals surface area contributed by atoms with Crippen molar-refractivity contribution in [2.75, 3.05) is 7.11 Å². The van der Waals surface area contributed by atoms with Gasteiger partial charge in [-0.3, -0.25) is 4.79 Å². The Morgan fingerprint density at radius 2 is 1.14 bits per heavy atom. The topological polar surface area (TPSA) is 26.3 Å². The molecular weight excluding hydrogens is 616 g/mol. The lowest BCUT2D eigenvalue weighted by molar-refractivity contribution is -0.119. The third kappa shape index (κ3) is 27.4. The molecule has 50 heavy (non-hydrogen) atoms. The largest absolute Gasteiger partial charge is 0.496 e. The van der Waals surface area contributed by atoms with Gasteiger partial charge in [0.2, 0.25) is 0 Å². The summed E-state index contributed by atoms with van der Waals surface area (Å²) in [5, 5.41) is 0. The predicted octanol–water partition coefficient (Wildman–Crippen LogP) is 15.4. The lowest BCUT2D eigenvalue weighted by Crippen LogP contribution is -2.08. The molecule has 0 fully saturated rings. The van der Waals surface area contributed by atoms with Gasteiger partial charge in [0.25, 0.3) is 0 Å². The molecule has 0 radical (unpaired) electrons. The first-order chi connectivity index (χ1) is 23.8. The summed E-state index contributed by atoms with van der Waals surface area (Å²) in [6.45, 7) is 33.0. The van der Waals surface area contributed by atoms with Crippen molar-refractivity contribution < 1.29 is 13.9 Å². The molecule has 3 rings (SSSR count). The van der Waals surface area contributed by atoms with Crippen molar-refractivity contribution in [2.24, 2.45) is 5.92 Å². The fourth-order valence-electron chi connectivity index (χ4n) is 3.74. The highest BCUT2D eigenvalue weighted by Crippen LogP contribution is 2.26. The molecule has 3 aromatic carbocycles. The maximum absolute atomic E-state index is 12.2. The zero-order valence-corrected chi connectivity index (χ0v) is 35.5. The van der Waals surface area contributed by atoms with Crippen LogP contribution in [0.3, 0.4) is 0 Å². The van der Waals surface area contributed by atoms with E-state index in [0.717, 1.165) is 17.7 Å². The Hall–Kier alpha value is -3.46. The van der Waals surface area contributed by atoms with E-state index in [9.17, 15) is 9.18 Å². The number of ketones is 1. The van der Waals surface area contributed by atoms with Crippen molar-refractivity contribution in [3.63, 3.8) is 0 Å². The Morgan fingerprint density at radius 3 is 1.50 bits per heavy atom. The minimum Gasteiger partial charge on any atom is -0.496 e. The molecule has 0 bridgehead atoms. The number of aryl methyl sites for hydroxylation is 2. The normalized spacial score (nSPS) is 11.4. The van der Waals surface area contributed by atoms with Gasteiger partial charge in [-0.2, -0.15) is 0 Å². The quantitative estimate of drug-likeness (QED) is 0.209. The molecule has 0 saturated carbocycles. The van der Waals surface area contributed by atoms with Gasteiger partial charge in [0, 0.05) is 11.8 Å². The zero-order chi connectivity index (χ0) is 39.5. The number of rotatable bonds is 9. The van der Waals surface area contributed by atoms with Gasteiger partial charge >= 0.3 is 0 Å². The fourth-order valence-corrected chi connectivity index (χ4v) is 3.74. The second kappa shape index (κ2) is 36.8. The molecule has 0 saturated heterocycles. The smallest absolute Gasteiger partial charge is 0.136 e. The molecule has 2 nitrogen and oxygen atoms in total. The number of Topliss-reactive ketones (excluding diaryl/α,β-unsaturated/α-hetero) is 1. The molecule has 2 unspecified atom stereocenters. The van der Waals surface area contributed by atoms with E-state index in [0.29, 0.717) is 5.92 Å². The van der Waals surface area contributed by atoms with Crippen LogP contribution in [-0.2, 0) is 11.2 Å². The average molecular weight is 693 g/mol. The van der Waals surface area contributed by atoms with Crippen molar-refractivity contribution in [3.05, 3.63) is 124 Å². The number of ether oxygens (including phenoxy) is 1. The summed E-state index contributed by atoms with van der Waals surface area (Å²) in [6.07, 6.45) is 8.46. The Labute approximate surface area is 310 Å². The first-order valence-electron chi connectivity index (χ1n) is 19.1. The maximum atomic E-state index is 12.2. The Bertz CT molecular complexity index is 1230. The number of carbonyl (C=O) groups excluding carboxylic acids is 1. The van der Waals surface area contributed by atoms with Crippen LogP contribution in [0.2, 0.25) is 0 Å². The number of hydrogen-bond acceptors (Lipinski definition) is 2. The van der Waals surface area contributed by atoms with Crippen LogP contribution in [0, 0.1) is 18.7 Å². The summed E-state index contributed by atoms with van der Waals surface area (Å²) in [5.74, 6) is 1.42. The standard InChI is InChI=1S/C19H26O.C8H9F.C8H10O.2C4H10.2C2H6/c1-13(15(3)17(5)18(6)20)12-14(2)16(4)19-10-8-7-9-11-19;1-2-7-3-5-8(9)6-4-7;1-7-5-3-4-6-8(7)9-2;2*1-3-4-2;2*1-2/h7-12,16-17H,1-6H3;3-6H,2H2,1H3;3-6H,1-2H3;2*3-4H2,1-2H3;2*1-2H3/b14-12+,15-13-;;;;;;. The van der Waals surface area contributed by atoms with Crippen molar-refractivity contribution >= 4 is 5.78 Å². The van der Waals surface area contributed by atoms with E-state index in [-0.39, 0.29) is 17.5 Å². The highest BCUT2D eigenvalue weighted by molar-refractivity contribution is 5.81. The average Bonchev–Trinajstić information content (AvgIpc) is 3.16. The number of hydrogen-bond donors (Lipinski definition) is 0. The van der Waals surface area contributed by atoms with Crippen LogP contribution < -0.4 is 4.74 Å². The van der Waals surface area contributed by atoms with Gasteiger partial charge in [-0.1, -0.05) is 185 Å². The number of benzene rings is 3. The molecule has 0 amide bonds. The van der Waals surface area contributed by atoms with E-state index >= 15 is 0 Å². The molecule has 0 aliphatic heterocycles. The minimum atomic E-state index is -0.160. The lowest BCUT2D eigenvalue weighted by Gasteiger charge is -2.15. The lowest BCUT2D eigenvalue weighted by atomic mass is 9.90. The molecule has 3 heteroatoms. The minimum absolute atomic E-state index is 0.00563. The third-order valence-corrected chi connectivity index (χ3v) is 7.94. The van der Waals surface area contributed by atoms with E-state index in [1.165, 1.54) is 65.7 Å². The van der Waals surface area contributed by atoms with E-state index < -0.39 is 0 Å². The molecular formula is C47H77FO2. The van der Waals surface area contributed by atoms with Crippen LogP contribution in [-0.4, -0.2) is 12.9 Å². The Kier molecular flexibility index (Phi) is 39.3. The number of methoxy groups -OCH3 is 1. The highest BCUT2D eigenvalue weighted by Gasteiger charge is 2.12. The van der Waals surface area contributed by atoms with Crippen LogP contribution in [0.25, 0.3) is 0 Å². The first-order valence-corrected chi connectivity index (χ1v) is 19.1. The second-order valence-corrected chi connectivity index (χ2v) is 11.7. The highest BCUT2D eigenvalue weighted by atomic mass is 19.1. The molecule has 0 N–H and O–H groups in total. The molecule has 0 heterocycles. The van der Waals surface area contributed by atoms with Crippen LogP contribution >= 0.6 is 0 Å². The summed E-state index contributed by atoms with van der Waals surface area (Å²) in [4.78, 5) is 11.5. The van der Waals surface area contributed by atoms with Crippen molar-refractivity contribution in [2.45, 2.75) is 149 Å². The molecule has 2 atom stereocenters. The van der Waals surface area contributed by atoms with Gasteiger partial charge in [-0.05, 0) is 75.9 Å². The first kappa shape index (κ1) is 53.3. The summed E-state index contributed by atoms with van der Waals surface area (Å²) >= 11 is 0. The fraction of sp³-hybridized carbons (Fsp3) is 0.511. The van der Waals surface area contributed by atoms with Crippen LogP contribution in [0.1, 0.15) is 152 Å². The van der Waals surface area contributed by atoms with Gasteiger partial charge < -0.3 is 4.74 Å². The van der Waals surface area contributed by atoms with Gasteiger partial charge in [-0.15, -0.1) is 0 Å². The maximum Gasteiger partial charge on any atom is 0.136 e. The SMILES string of the molecule is CC.CC.CC(=O)C(C)/C(C)=C(C)\C=C(/C)C(C)c1ccccc1.CCCC.CCCC.CCc1ccc(F)cc1.COc1ccccc1C. The monoisotopic (exact) mass is 693 g/mol. The van der Waals surface area contributed by atoms with Gasteiger partial charge in [-0.25, -0.2) is 4.39 Å². The molecule has 284 valence electrons. The van der Waals surface area contributed by atoms with Gasteiger partial charge in [0.15, 0.2) is 0 Å². The van der Waals surface area contributed by atoms with Crippen LogP contribution in [0.5, 0.6) is 5.75 Å². The van der Waals surface area contributed by atoms with E-state index in [1.54, 1.807) is 26.2 Å². The second-order valence-electron chi connectivity index (χ2n) is 11.7. The number of allylic oxidation sites excluding steroid dienone is 4. The Balaban J connectivity index is -0.000000294. The van der Waals surface area contributed by atoms with Crippen LogP contribution in [0.15, 0.2) is 102 Å². The summed E-state index contributed by atoms with van der Waals surface area (Å²) in [6, 6.07) is 25.0. The number of halogens is 1. The van der Waals surface area contributed by atoms with Crippen LogP contribution in [0.4, 0.5) is 4.39 Å². The summed E-state index contributed by atoms with van der Waals surface area (Å²) < 4.78 is 17.3. The molecule has 0 aromatic heterocycles. The molecule has 0 spiro atoms. The van der Waals surface area contributed by atoms with Gasteiger partial charge in [0.05, 0.1) is 7.11 Å². The van der Waals surface area contributed by atoms with E-state index in [2.05, 4.69) is 85.7 Å². The number of carbonyl (C=O) groups is 1. The van der Waals surface area contributed by atoms with E-state index in [1.807, 2.05) is 78.8 Å². The molecule has 0 aliphatic rings.